The van der Waals surface area contributed by atoms with Crippen molar-refractivity contribution in [1.82, 2.24) is 25.2 Å². The summed E-state index contributed by atoms with van der Waals surface area (Å²) in [6.07, 6.45) is 1.02. The number of nitrogens with zero attached hydrogens (tertiary/aromatic N) is 3. The lowest BCUT2D eigenvalue weighted by Gasteiger charge is -2.20. The fraction of sp³-hybridized carbons (Fsp3) is 0.429. The third-order valence-electron chi connectivity index (χ3n) is 3.27. The first-order valence-corrected chi connectivity index (χ1v) is 7.41. The molecule has 2 rings (SSSR count). The van der Waals surface area contributed by atoms with E-state index in [-0.39, 0.29) is 18.4 Å². The summed E-state index contributed by atoms with van der Waals surface area (Å²) in [7, 11) is 1.25. The summed E-state index contributed by atoms with van der Waals surface area (Å²) >= 11 is 5.95. The van der Waals surface area contributed by atoms with Gasteiger partial charge in [0.25, 0.3) is 0 Å². The van der Waals surface area contributed by atoms with Crippen LogP contribution in [-0.2, 0) is 16.1 Å². The molecule has 0 fully saturated rings. The van der Waals surface area contributed by atoms with E-state index >= 15 is 0 Å². The second-order valence-corrected chi connectivity index (χ2v) is 5.70. The van der Waals surface area contributed by atoms with Crippen molar-refractivity contribution in [1.29, 1.82) is 0 Å². The zero-order valence-electron chi connectivity index (χ0n) is 13.0. The number of carbonyl (C=O) groups excluding carboxylic acids is 2. The highest BCUT2D eigenvalue weighted by Gasteiger charge is 2.24. The molecule has 0 saturated heterocycles. The Hall–Kier alpha value is -2.35. The molecule has 8 nitrogen and oxygen atoms in total. The number of nitrogens with one attached hydrogen (secondary N) is 2. The van der Waals surface area contributed by atoms with Crippen LogP contribution in [0.4, 0.5) is 4.79 Å². The van der Waals surface area contributed by atoms with Crippen LogP contribution in [0.3, 0.4) is 0 Å². The summed E-state index contributed by atoms with van der Waals surface area (Å²) in [6, 6.07) is 2.74. The molecule has 9 heteroatoms. The Kier molecular flexibility index (Phi) is 5.38. The van der Waals surface area contributed by atoms with Gasteiger partial charge in [-0.1, -0.05) is 25.4 Å². The first kappa shape index (κ1) is 17.0. The van der Waals surface area contributed by atoms with Crippen LogP contribution in [0.15, 0.2) is 18.3 Å². The molecule has 0 aliphatic heterocycles. The maximum Gasteiger partial charge on any atom is 0.407 e. The predicted octanol–water partition coefficient (Wildman–Crippen LogP) is 1.38. The summed E-state index contributed by atoms with van der Waals surface area (Å²) in [6.45, 7) is 3.81. The Balaban J connectivity index is 2.06. The highest BCUT2D eigenvalue weighted by Crippen LogP contribution is 2.11. The van der Waals surface area contributed by atoms with Crippen LogP contribution in [0.2, 0.25) is 5.02 Å². The van der Waals surface area contributed by atoms with Gasteiger partial charge in [-0.25, -0.2) is 4.79 Å². The number of alkyl carbamates (subject to hydrolysis) is 1. The minimum Gasteiger partial charge on any atom is -0.453 e. The van der Waals surface area contributed by atoms with Crippen molar-refractivity contribution >= 4 is 29.2 Å². The van der Waals surface area contributed by atoms with Crippen molar-refractivity contribution < 1.29 is 14.3 Å². The van der Waals surface area contributed by atoms with Crippen molar-refractivity contribution in [2.24, 2.45) is 5.92 Å². The Labute approximate surface area is 138 Å². The minimum atomic E-state index is -0.703. The number of ether oxygens (including phenoxy) is 1. The van der Waals surface area contributed by atoms with E-state index in [9.17, 15) is 9.59 Å². The molecule has 2 amide bonds. The largest absolute Gasteiger partial charge is 0.453 e. The van der Waals surface area contributed by atoms with E-state index in [1.165, 1.54) is 7.11 Å². The van der Waals surface area contributed by atoms with E-state index < -0.39 is 12.1 Å². The zero-order chi connectivity index (χ0) is 17.0. The molecule has 124 valence electrons. The van der Waals surface area contributed by atoms with Gasteiger partial charge in [-0.2, -0.15) is 0 Å². The smallest absolute Gasteiger partial charge is 0.407 e. The summed E-state index contributed by atoms with van der Waals surface area (Å²) in [5.74, 6) is 0.110. The zero-order valence-corrected chi connectivity index (χ0v) is 13.8. The van der Waals surface area contributed by atoms with Gasteiger partial charge in [0.1, 0.15) is 6.04 Å². The Morgan fingerprint density at radius 2 is 2.09 bits per heavy atom. The molecule has 2 heterocycles. The number of pyridine rings is 1. The Morgan fingerprint density at radius 3 is 2.74 bits per heavy atom. The summed E-state index contributed by atoms with van der Waals surface area (Å²) in [5.41, 5.74) is 0.631. The standard InChI is InChI=1S/C14H18ClN5O3/c1-8(2)12(17-14(22)23-3)13(21)16-6-11-19-18-10-5-4-9(15)7-20(10)11/h4-5,7-8,12H,6H2,1-3H3,(H,16,21)(H,17,22)/t12-/m0/s1. The number of hydrogen-bond donors (Lipinski definition) is 2. The Bertz CT molecular complexity index is 716. The highest BCUT2D eigenvalue weighted by atomic mass is 35.5. The lowest BCUT2D eigenvalue weighted by Crippen LogP contribution is -2.49. The second kappa shape index (κ2) is 7.28. The quantitative estimate of drug-likeness (QED) is 0.857. The average molecular weight is 340 g/mol. The Morgan fingerprint density at radius 1 is 1.35 bits per heavy atom. The van der Waals surface area contributed by atoms with Crippen LogP contribution in [-0.4, -0.2) is 39.8 Å². The van der Waals surface area contributed by atoms with Crippen LogP contribution in [0.1, 0.15) is 19.7 Å². The number of rotatable bonds is 5. The molecule has 2 N–H and O–H groups in total. The minimum absolute atomic E-state index is 0.0984. The van der Waals surface area contributed by atoms with Crippen LogP contribution in [0.5, 0.6) is 0 Å². The van der Waals surface area contributed by atoms with Crippen molar-refractivity contribution in [2.45, 2.75) is 26.4 Å². The maximum absolute atomic E-state index is 12.3. The molecule has 0 saturated carbocycles. The van der Waals surface area contributed by atoms with Crippen LogP contribution in [0, 0.1) is 5.92 Å². The first-order chi connectivity index (χ1) is 10.9. The second-order valence-electron chi connectivity index (χ2n) is 5.27. The topological polar surface area (TPSA) is 97.6 Å². The van der Waals surface area contributed by atoms with Crippen LogP contribution in [0.25, 0.3) is 5.65 Å². The molecule has 0 unspecified atom stereocenters. The maximum atomic E-state index is 12.3. The average Bonchev–Trinajstić information content (AvgIpc) is 2.91. The molecule has 23 heavy (non-hydrogen) atoms. The van der Waals surface area contributed by atoms with E-state index in [4.69, 9.17) is 11.6 Å². The third kappa shape index (κ3) is 4.10. The van der Waals surface area contributed by atoms with Gasteiger partial charge in [-0.15, -0.1) is 10.2 Å². The van der Waals surface area contributed by atoms with Crippen LogP contribution >= 0.6 is 11.6 Å². The van der Waals surface area contributed by atoms with Gasteiger partial charge in [0.05, 0.1) is 18.7 Å². The molecule has 2 aromatic heterocycles. The third-order valence-corrected chi connectivity index (χ3v) is 3.49. The van der Waals surface area contributed by atoms with Crippen molar-refractivity contribution in [3.05, 3.63) is 29.2 Å². The first-order valence-electron chi connectivity index (χ1n) is 7.03. The highest BCUT2D eigenvalue weighted by molar-refractivity contribution is 6.30. The molecule has 0 aliphatic carbocycles. The molecule has 0 spiro atoms. The number of halogens is 1. The van der Waals surface area contributed by atoms with Crippen LogP contribution < -0.4 is 10.6 Å². The van der Waals surface area contributed by atoms with Gasteiger partial charge < -0.3 is 15.4 Å². The number of fused-ring (bicyclic) bond motifs is 1. The predicted molar refractivity (Wildman–Crippen MR) is 84.0 cm³/mol. The van der Waals surface area contributed by atoms with E-state index in [2.05, 4.69) is 25.6 Å². The van der Waals surface area contributed by atoms with E-state index in [1.807, 2.05) is 13.8 Å². The lowest BCUT2D eigenvalue weighted by atomic mass is 10.0. The number of methoxy groups -OCH3 is 1. The number of aromatic nitrogens is 3. The molecule has 2 aromatic rings. The van der Waals surface area contributed by atoms with Gasteiger partial charge in [0, 0.05) is 6.20 Å². The van der Waals surface area contributed by atoms with Gasteiger partial charge in [-0.3, -0.25) is 9.20 Å². The van der Waals surface area contributed by atoms with Crippen molar-refractivity contribution in [3.8, 4) is 0 Å². The molecule has 0 aromatic carbocycles. The summed E-state index contributed by atoms with van der Waals surface area (Å²) in [5, 5.41) is 13.8. The van der Waals surface area contributed by atoms with E-state index in [0.717, 1.165) is 0 Å². The van der Waals surface area contributed by atoms with Gasteiger partial charge in [0.15, 0.2) is 11.5 Å². The number of carbonyl (C=O) groups is 2. The van der Waals surface area contributed by atoms with Gasteiger partial charge >= 0.3 is 6.09 Å². The number of hydrogen-bond acceptors (Lipinski definition) is 5. The lowest BCUT2D eigenvalue weighted by molar-refractivity contribution is -0.124. The molecule has 0 radical (unpaired) electrons. The SMILES string of the molecule is COC(=O)N[C@H](C(=O)NCc1nnc2ccc(Cl)cn12)C(C)C. The molecule has 1 atom stereocenters. The fourth-order valence-corrected chi connectivity index (χ4v) is 2.19. The normalized spacial score (nSPS) is 12.2. The van der Waals surface area contributed by atoms with E-state index in [1.54, 1.807) is 22.7 Å². The fourth-order valence-electron chi connectivity index (χ4n) is 2.03. The molecular formula is C14H18ClN5O3. The van der Waals surface area contributed by atoms with Crippen molar-refractivity contribution in [2.75, 3.05) is 7.11 Å². The molecule has 0 aliphatic rings. The number of amides is 2. The molecule has 0 bridgehead atoms. The van der Waals surface area contributed by atoms with Crippen molar-refractivity contribution in [3.63, 3.8) is 0 Å². The monoisotopic (exact) mass is 339 g/mol. The molecular weight excluding hydrogens is 322 g/mol. The van der Waals surface area contributed by atoms with E-state index in [0.29, 0.717) is 16.5 Å². The van der Waals surface area contributed by atoms with Gasteiger partial charge in [-0.05, 0) is 18.1 Å². The van der Waals surface area contributed by atoms with Gasteiger partial charge in [0.2, 0.25) is 5.91 Å². The summed E-state index contributed by atoms with van der Waals surface area (Å²) < 4.78 is 6.23. The summed E-state index contributed by atoms with van der Waals surface area (Å²) in [4.78, 5) is 23.6.